The molecule has 0 fully saturated rings. The van der Waals surface area contributed by atoms with Crippen molar-refractivity contribution in [2.45, 2.75) is 52.2 Å². The lowest BCUT2D eigenvalue weighted by Crippen LogP contribution is -2.32. The molecule has 0 bridgehead atoms. The Kier molecular flexibility index (Phi) is 5.66. The van der Waals surface area contributed by atoms with Gasteiger partial charge in [0.2, 0.25) is 0 Å². The number of rotatable bonds is 6. The van der Waals surface area contributed by atoms with Crippen LogP contribution < -0.4 is 5.32 Å². The van der Waals surface area contributed by atoms with Crippen LogP contribution in [0.4, 0.5) is 0 Å². The lowest BCUT2D eigenvalue weighted by molar-refractivity contribution is 0.136. The molecule has 1 aromatic carbocycles. The van der Waals surface area contributed by atoms with Gasteiger partial charge in [-0.25, -0.2) is 0 Å². The summed E-state index contributed by atoms with van der Waals surface area (Å²) in [4.78, 5) is 0. The molecule has 0 saturated heterocycles. The van der Waals surface area contributed by atoms with Crippen molar-refractivity contribution in [3.05, 3.63) is 35.4 Å². The first-order valence-electron chi connectivity index (χ1n) is 6.57. The highest BCUT2D eigenvalue weighted by molar-refractivity contribution is 5.26. The molecule has 1 aromatic rings. The molecule has 0 radical (unpaired) electrons. The fourth-order valence-electron chi connectivity index (χ4n) is 1.85. The van der Waals surface area contributed by atoms with E-state index in [-0.39, 0.29) is 6.04 Å². The molecule has 2 nitrogen and oxygen atoms in total. The second kappa shape index (κ2) is 6.77. The molecule has 0 aliphatic heterocycles. The van der Waals surface area contributed by atoms with Crippen molar-refractivity contribution in [3.8, 4) is 0 Å². The maximum absolute atomic E-state index is 10.2. The predicted octanol–water partition coefficient (Wildman–Crippen LogP) is 3.23. The van der Waals surface area contributed by atoms with Crippen molar-refractivity contribution in [1.29, 1.82) is 0 Å². The van der Waals surface area contributed by atoms with Gasteiger partial charge in [0.15, 0.2) is 0 Å². The van der Waals surface area contributed by atoms with Gasteiger partial charge in [0.1, 0.15) is 0 Å². The van der Waals surface area contributed by atoms with Gasteiger partial charge in [-0.05, 0) is 36.9 Å². The third-order valence-electron chi connectivity index (χ3n) is 3.13. The number of nitrogens with one attached hydrogen (secondary N) is 1. The van der Waals surface area contributed by atoms with Crippen molar-refractivity contribution < 1.29 is 5.11 Å². The quantitative estimate of drug-likeness (QED) is 0.793. The summed E-state index contributed by atoms with van der Waals surface area (Å²) in [6.45, 7) is 9.45. The first kappa shape index (κ1) is 14.2. The van der Waals surface area contributed by atoms with Gasteiger partial charge in [0.25, 0.3) is 0 Å². The third-order valence-corrected chi connectivity index (χ3v) is 3.13. The Morgan fingerprint density at radius 3 is 2.06 bits per heavy atom. The molecule has 2 heteroatoms. The molecule has 0 aliphatic rings. The van der Waals surface area contributed by atoms with E-state index in [4.69, 9.17) is 0 Å². The predicted molar refractivity (Wildman–Crippen MR) is 73.2 cm³/mol. The molecule has 0 aliphatic carbocycles. The molecule has 96 valence electrons. The van der Waals surface area contributed by atoms with Gasteiger partial charge in [-0.15, -0.1) is 0 Å². The number of benzene rings is 1. The van der Waals surface area contributed by atoms with Crippen LogP contribution in [0.2, 0.25) is 0 Å². The Morgan fingerprint density at radius 2 is 1.59 bits per heavy atom. The normalized spacial score (nSPS) is 14.9. The highest BCUT2D eigenvalue weighted by atomic mass is 16.3. The fraction of sp³-hybridized carbons (Fsp3) is 0.600. The molecule has 0 saturated carbocycles. The van der Waals surface area contributed by atoms with Crippen LogP contribution in [-0.2, 0) is 0 Å². The van der Waals surface area contributed by atoms with E-state index in [9.17, 15) is 5.11 Å². The largest absolute Gasteiger partial charge is 0.387 e. The second-order valence-corrected chi connectivity index (χ2v) is 5.01. The Balaban J connectivity index is 2.65. The molecular weight excluding hydrogens is 210 g/mol. The van der Waals surface area contributed by atoms with Crippen LogP contribution in [0.5, 0.6) is 0 Å². The van der Waals surface area contributed by atoms with Crippen molar-refractivity contribution in [3.63, 3.8) is 0 Å². The van der Waals surface area contributed by atoms with E-state index in [2.05, 4.69) is 38.2 Å². The van der Waals surface area contributed by atoms with E-state index in [1.165, 1.54) is 5.56 Å². The lowest BCUT2D eigenvalue weighted by atomic mass is 9.98. The van der Waals surface area contributed by atoms with Gasteiger partial charge in [-0.2, -0.15) is 0 Å². The summed E-state index contributed by atoms with van der Waals surface area (Å²) in [6.07, 6.45) is 0.659. The van der Waals surface area contributed by atoms with Crippen LogP contribution in [0.25, 0.3) is 0 Å². The van der Waals surface area contributed by atoms with Gasteiger partial charge < -0.3 is 10.4 Å². The smallest absolute Gasteiger partial charge is 0.0940 e. The molecule has 17 heavy (non-hydrogen) atoms. The summed E-state index contributed by atoms with van der Waals surface area (Å²) in [7, 11) is 0. The summed E-state index contributed by atoms with van der Waals surface area (Å²) in [5.41, 5.74) is 2.31. The van der Waals surface area contributed by atoms with Gasteiger partial charge in [-0.1, -0.05) is 45.0 Å². The van der Waals surface area contributed by atoms with Crippen LogP contribution in [-0.4, -0.2) is 17.7 Å². The molecule has 0 aromatic heterocycles. The monoisotopic (exact) mass is 235 g/mol. The molecule has 2 N–H and O–H groups in total. The average molecular weight is 235 g/mol. The zero-order valence-corrected chi connectivity index (χ0v) is 11.4. The van der Waals surface area contributed by atoms with Crippen LogP contribution in [0.15, 0.2) is 24.3 Å². The minimum absolute atomic E-state index is 0.0971. The van der Waals surface area contributed by atoms with E-state index in [1.54, 1.807) is 0 Å². The summed E-state index contributed by atoms with van der Waals surface area (Å²) in [6, 6.07) is 8.37. The number of hydrogen-bond acceptors (Lipinski definition) is 2. The molecule has 2 unspecified atom stereocenters. The molecule has 0 amide bonds. The summed E-state index contributed by atoms with van der Waals surface area (Å²) in [5, 5.41) is 13.5. The number of aliphatic hydroxyl groups is 1. The van der Waals surface area contributed by atoms with Crippen LogP contribution in [0.1, 0.15) is 57.3 Å². The highest BCUT2D eigenvalue weighted by Gasteiger charge is 2.15. The van der Waals surface area contributed by atoms with Crippen LogP contribution >= 0.6 is 0 Å². The molecular formula is C15H25NO. The minimum Gasteiger partial charge on any atom is -0.387 e. The zero-order chi connectivity index (χ0) is 12.8. The number of hydrogen-bond donors (Lipinski definition) is 2. The molecule has 2 atom stereocenters. The average Bonchev–Trinajstić information content (AvgIpc) is 2.35. The Morgan fingerprint density at radius 1 is 1.06 bits per heavy atom. The third kappa shape index (κ3) is 4.14. The van der Waals surface area contributed by atoms with Crippen molar-refractivity contribution >= 4 is 0 Å². The maximum atomic E-state index is 10.2. The lowest BCUT2D eigenvalue weighted by Gasteiger charge is -2.21. The minimum atomic E-state index is -0.428. The van der Waals surface area contributed by atoms with Gasteiger partial charge >= 0.3 is 0 Å². The summed E-state index contributed by atoms with van der Waals surface area (Å²) >= 11 is 0. The zero-order valence-electron chi connectivity index (χ0n) is 11.4. The highest BCUT2D eigenvalue weighted by Crippen LogP contribution is 2.20. The second-order valence-electron chi connectivity index (χ2n) is 5.01. The van der Waals surface area contributed by atoms with E-state index in [0.717, 1.165) is 18.5 Å². The fourth-order valence-corrected chi connectivity index (χ4v) is 1.85. The Labute approximate surface area is 105 Å². The summed E-state index contributed by atoms with van der Waals surface area (Å²) < 4.78 is 0. The number of aliphatic hydroxyl groups excluding tert-OH is 1. The molecule has 0 spiro atoms. The van der Waals surface area contributed by atoms with E-state index in [1.807, 2.05) is 19.1 Å². The van der Waals surface area contributed by atoms with Gasteiger partial charge in [-0.3, -0.25) is 0 Å². The van der Waals surface area contributed by atoms with E-state index >= 15 is 0 Å². The maximum Gasteiger partial charge on any atom is 0.0940 e. The van der Waals surface area contributed by atoms with Gasteiger partial charge in [0, 0.05) is 6.04 Å². The van der Waals surface area contributed by atoms with Crippen molar-refractivity contribution in [2.75, 3.05) is 6.54 Å². The first-order valence-corrected chi connectivity index (χ1v) is 6.57. The summed E-state index contributed by atoms with van der Waals surface area (Å²) in [5.74, 6) is 0.539. The Hall–Kier alpha value is -0.860. The van der Waals surface area contributed by atoms with Crippen LogP contribution in [0, 0.1) is 0 Å². The SMILES string of the molecule is CCCNC(C)C(O)c1ccc(C(C)C)cc1. The Bertz CT molecular complexity index is 318. The topological polar surface area (TPSA) is 32.3 Å². The first-order chi connectivity index (χ1) is 8.06. The van der Waals surface area contributed by atoms with Gasteiger partial charge in [0.05, 0.1) is 6.10 Å². The van der Waals surface area contributed by atoms with Crippen molar-refractivity contribution in [2.24, 2.45) is 0 Å². The van der Waals surface area contributed by atoms with Crippen LogP contribution in [0.3, 0.4) is 0 Å². The van der Waals surface area contributed by atoms with E-state index in [0.29, 0.717) is 5.92 Å². The van der Waals surface area contributed by atoms with Crippen molar-refractivity contribution in [1.82, 2.24) is 5.32 Å². The van der Waals surface area contributed by atoms with E-state index < -0.39 is 6.10 Å². The standard InChI is InChI=1S/C15H25NO/c1-5-10-16-12(4)15(17)14-8-6-13(7-9-14)11(2)3/h6-9,11-12,15-17H,5,10H2,1-4H3. The molecule has 0 heterocycles. The molecule has 1 rings (SSSR count).